The fraction of sp³-hybridized carbons (Fsp3) is 0.588. The standard InChI is InChI=1S/C17H24N2O2/c1-2-7-17(8-10-18-11-9-17)16(20)19-14-12-21-15-6-4-3-5-13(14)15/h3-6,14,18H,2,7-12H2,1H3,(H,19,20). The summed E-state index contributed by atoms with van der Waals surface area (Å²) < 4.78 is 5.67. The zero-order chi connectivity index (χ0) is 14.7. The van der Waals surface area contributed by atoms with E-state index in [0.717, 1.165) is 50.1 Å². The fourth-order valence-corrected chi connectivity index (χ4v) is 3.57. The summed E-state index contributed by atoms with van der Waals surface area (Å²) in [5.41, 5.74) is 0.906. The number of ether oxygens (including phenoxy) is 1. The smallest absolute Gasteiger partial charge is 0.226 e. The molecule has 21 heavy (non-hydrogen) atoms. The summed E-state index contributed by atoms with van der Waals surface area (Å²) in [5, 5.41) is 6.60. The highest BCUT2D eigenvalue weighted by Gasteiger charge is 2.40. The van der Waals surface area contributed by atoms with Gasteiger partial charge in [0.25, 0.3) is 0 Å². The lowest BCUT2D eigenvalue weighted by Gasteiger charge is -2.36. The van der Waals surface area contributed by atoms with Crippen molar-refractivity contribution in [3.05, 3.63) is 29.8 Å². The molecule has 0 aliphatic carbocycles. The Hall–Kier alpha value is -1.55. The van der Waals surface area contributed by atoms with Crippen LogP contribution >= 0.6 is 0 Å². The lowest BCUT2D eigenvalue weighted by atomic mass is 9.74. The Balaban J connectivity index is 1.73. The van der Waals surface area contributed by atoms with Gasteiger partial charge < -0.3 is 15.4 Å². The third kappa shape index (κ3) is 2.77. The summed E-state index contributed by atoms with van der Waals surface area (Å²) in [6, 6.07) is 7.97. The van der Waals surface area contributed by atoms with Gasteiger partial charge in [0.15, 0.2) is 0 Å². The Kier molecular flexibility index (Phi) is 4.15. The summed E-state index contributed by atoms with van der Waals surface area (Å²) in [6.45, 7) is 4.58. The van der Waals surface area contributed by atoms with Crippen molar-refractivity contribution in [2.45, 2.75) is 38.6 Å². The molecule has 1 atom stereocenters. The Morgan fingerprint density at radius 1 is 1.38 bits per heavy atom. The molecule has 114 valence electrons. The van der Waals surface area contributed by atoms with Crippen LogP contribution in [0.15, 0.2) is 24.3 Å². The molecule has 0 radical (unpaired) electrons. The molecule has 4 nitrogen and oxygen atoms in total. The van der Waals surface area contributed by atoms with Crippen LogP contribution in [0, 0.1) is 5.41 Å². The lowest BCUT2D eigenvalue weighted by Crippen LogP contribution is -2.48. The van der Waals surface area contributed by atoms with Gasteiger partial charge in [-0.15, -0.1) is 0 Å². The molecule has 1 amide bonds. The summed E-state index contributed by atoms with van der Waals surface area (Å²) in [4.78, 5) is 12.9. The SMILES string of the molecule is CCCC1(C(=O)NC2COc3ccccc32)CCNCC1. The summed E-state index contributed by atoms with van der Waals surface area (Å²) in [5.74, 6) is 1.11. The summed E-state index contributed by atoms with van der Waals surface area (Å²) >= 11 is 0. The number of carbonyl (C=O) groups excluding carboxylic acids is 1. The first-order valence-corrected chi connectivity index (χ1v) is 7.98. The molecule has 4 heteroatoms. The first kappa shape index (κ1) is 14.4. The van der Waals surface area contributed by atoms with Crippen LogP contribution in [0.25, 0.3) is 0 Å². The van der Waals surface area contributed by atoms with Gasteiger partial charge in [0, 0.05) is 5.56 Å². The van der Waals surface area contributed by atoms with E-state index in [4.69, 9.17) is 4.74 Å². The fourth-order valence-electron chi connectivity index (χ4n) is 3.57. The molecule has 2 aliphatic rings. The molecule has 1 fully saturated rings. The van der Waals surface area contributed by atoms with Gasteiger partial charge in [-0.25, -0.2) is 0 Å². The minimum atomic E-state index is -0.197. The van der Waals surface area contributed by atoms with Gasteiger partial charge in [-0.05, 0) is 38.4 Å². The van der Waals surface area contributed by atoms with E-state index in [-0.39, 0.29) is 17.4 Å². The molecule has 3 rings (SSSR count). The van der Waals surface area contributed by atoms with Crippen molar-refractivity contribution in [2.24, 2.45) is 5.41 Å². The molecule has 1 saturated heterocycles. The molecule has 0 saturated carbocycles. The van der Waals surface area contributed by atoms with Crippen molar-refractivity contribution in [1.29, 1.82) is 0 Å². The van der Waals surface area contributed by atoms with Crippen LogP contribution in [0.5, 0.6) is 5.75 Å². The number of piperidine rings is 1. The molecule has 0 aromatic heterocycles. The van der Waals surface area contributed by atoms with Gasteiger partial charge in [0.2, 0.25) is 5.91 Å². The van der Waals surface area contributed by atoms with Gasteiger partial charge in [-0.3, -0.25) is 4.79 Å². The zero-order valence-corrected chi connectivity index (χ0v) is 12.7. The third-order valence-corrected chi connectivity index (χ3v) is 4.78. The average Bonchev–Trinajstić information content (AvgIpc) is 2.92. The Morgan fingerprint density at radius 3 is 2.90 bits per heavy atom. The van der Waals surface area contributed by atoms with Crippen molar-refractivity contribution < 1.29 is 9.53 Å². The number of amides is 1. The average molecular weight is 288 g/mol. The Labute approximate surface area is 126 Å². The molecular formula is C17H24N2O2. The van der Waals surface area contributed by atoms with Crippen LogP contribution in [0.2, 0.25) is 0 Å². The van der Waals surface area contributed by atoms with E-state index < -0.39 is 0 Å². The van der Waals surface area contributed by atoms with Gasteiger partial charge in [-0.2, -0.15) is 0 Å². The number of hydrogen-bond acceptors (Lipinski definition) is 3. The molecule has 2 heterocycles. The molecular weight excluding hydrogens is 264 g/mol. The maximum atomic E-state index is 12.9. The number of rotatable bonds is 4. The van der Waals surface area contributed by atoms with Crippen molar-refractivity contribution >= 4 is 5.91 Å². The second-order valence-electron chi connectivity index (χ2n) is 6.16. The van der Waals surface area contributed by atoms with Crippen molar-refractivity contribution in [3.8, 4) is 5.75 Å². The molecule has 2 aliphatic heterocycles. The largest absolute Gasteiger partial charge is 0.491 e. The van der Waals surface area contributed by atoms with E-state index in [9.17, 15) is 4.79 Å². The van der Waals surface area contributed by atoms with Gasteiger partial charge in [0.05, 0.1) is 11.5 Å². The first-order chi connectivity index (χ1) is 10.2. The predicted molar refractivity (Wildman–Crippen MR) is 82.3 cm³/mol. The maximum absolute atomic E-state index is 12.9. The van der Waals surface area contributed by atoms with Crippen LogP contribution in [-0.2, 0) is 4.79 Å². The first-order valence-electron chi connectivity index (χ1n) is 7.98. The van der Waals surface area contributed by atoms with E-state index in [1.54, 1.807) is 0 Å². The number of hydrogen-bond donors (Lipinski definition) is 2. The molecule has 1 aromatic rings. The van der Waals surface area contributed by atoms with E-state index in [1.807, 2.05) is 24.3 Å². The normalized spacial score (nSPS) is 23.2. The molecule has 0 bridgehead atoms. The highest BCUT2D eigenvalue weighted by atomic mass is 16.5. The topological polar surface area (TPSA) is 50.4 Å². The van der Waals surface area contributed by atoms with Crippen molar-refractivity contribution in [1.82, 2.24) is 10.6 Å². The third-order valence-electron chi connectivity index (χ3n) is 4.78. The van der Waals surface area contributed by atoms with E-state index in [0.29, 0.717) is 6.61 Å². The van der Waals surface area contributed by atoms with Gasteiger partial charge in [0.1, 0.15) is 12.4 Å². The molecule has 1 unspecified atom stereocenters. The monoisotopic (exact) mass is 288 g/mol. The van der Waals surface area contributed by atoms with Crippen LogP contribution in [-0.4, -0.2) is 25.6 Å². The van der Waals surface area contributed by atoms with E-state index in [2.05, 4.69) is 17.6 Å². The minimum absolute atomic E-state index is 0.00248. The summed E-state index contributed by atoms with van der Waals surface area (Å²) in [7, 11) is 0. The van der Waals surface area contributed by atoms with Crippen molar-refractivity contribution in [2.75, 3.05) is 19.7 Å². The van der Waals surface area contributed by atoms with Crippen LogP contribution in [0.4, 0.5) is 0 Å². The number of carbonyl (C=O) groups is 1. The number of nitrogens with one attached hydrogen (secondary N) is 2. The summed E-state index contributed by atoms with van der Waals surface area (Å²) in [6.07, 6.45) is 3.88. The van der Waals surface area contributed by atoms with Crippen LogP contribution in [0.3, 0.4) is 0 Å². The molecule has 1 aromatic carbocycles. The Morgan fingerprint density at radius 2 is 2.14 bits per heavy atom. The number of benzene rings is 1. The quantitative estimate of drug-likeness (QED) is 0.894. The molecule has 2 N–H and O–H groups in total. The maximum Gasteiger partial charge on any atom is 0.226 e. The van der Waals surface area contributed by atoms with Crippen LogP contribution in [0.1, 0.15) is 44.2 Å². The second-order valence-corrected chi connectivity index (χ2v) is 6.16. The van der Waals surface area contributed by atoms with Gasteiger partial charge >= 0.3 is 0 Å². The van der Waals surface area contributed by atoms with Crippen molar-refractivity contribution in [3.63, 3.8) is 0 Å². The Bertz CT molecular complexity index is 504. The van der Waals surface area contributed by atoms with E-state index in [1.165, 1.54) is 0 Å². The minimum Gasteiger partial charge on any atom is -0.491 e. The highest BCUT2D eigenvalue weighted by Crippen LogP contribution is 2.37. The second kappa shape index (κ2) is 6.06. The number of fused-ring (bicyclic) bond motifs is 1. The highest BCUT2D eigenvalue weighted by molar-refractivity contribution is 5.83. The number of para-hydroxylation sites is 1. The lowest BCUT2D eigenvalue weighted by molar-refractivity contribution is -0.134. The van der Waals surface area contributed by atoms with Crippen LogP contribution < -0.4 is 15.4 Å². The molecule has 0 spiro atoms. The zero-order valence-electron chi connectivity index (χ0n) is 12.7. The van der Waals surface area contributed by atoms with E-state index >= 15 is 0 Å². The predicted octanol–water partition coefficient (Wildman–Crippen LogP) is 2.41. The van der Waals surface area contributed by atoms with Gasteiger partial charge in [-0.1, -0.05) is 31.5 Å².